The van der Waals surface area contributed by atoms with Gasteiger partial charge in [0.25, 0.3) is 5.56 Å². The highest BCUT2D eigenvalue weighted by Gasteiger charge is 2.51. The standard InChI is InChI=1S/C32H48ClN4OS2/c1-5-34-24-16-14-22(33)19-26(24)35(6-2)28(34)18-17-27-32(38)37(8-4)30(39-27)20-29-36(7-3)25-15-13-21-11-9-10-12-23(21)31(25)40-29/h17-18,20-26,31H,5-16,19H2,1-4H3/q+1. The molecule has 0 aromatic carbocycles. The Bertz CT molecular complexity index is 1330. The van der Waals surface area contributed by atoms with Gasteiger partial charge in [-0.2, -0.15) is 0 Å². The zero-order valence-electron chi connectivity index (χ0n) is 24.9. The van der Waals surface area contributed by atoms with Crippen LogP contribution in [0.5, 0.6) is 0 Å². The molecule has 1 aromatic heterocycles. The topological polar surface area (TPSA) is 31.5 Å². The number of fused-ring (bicyclic) bond motifs is 4. The van der Waals surface area contributed by atoms with Crippen LogP contribution >= 0.6 is 34.7 Å². The molecule has 3 saturated carbocycles. The molecular formula is C32H48ClN4OS2+. The number of likely N-dealkylation sites (N-methyl/N-ethyl adjacent to an activating group) is 2. The first-order chi connectivity index (χ1) is 19.5. The van der Waals surface area contributed by atoms with Crippen LogP contribution in [0, 0.1) is 11.8 Å². The van der Waals surface area contributed by atoms with Crippen molar-refractivity contribution in [3.05, 3.63) is 31.4 Å². The van der Waals surface area contributed by atoms with Crippen molar-refractivity contribution in [1.82, 2.24) is 14.4 Å². The first-order valence-corrected chi connectivity index (χ1v) is 18.2. The molecule has 1 aromatic rings. The second-order valence-corrected chi connectivity index (χ2v) is 15.2. The second kappa shape index (κ2) is 12.2. The summed E-state index contributed by atoms with van der Waals surface area (Å²) in [7, 11) is 0. The zero-order chi connectivity index (χ0) is 28.0. The van der Waals surface area contributed by atoms with Gasteiger partial charge in [0.05, 0.1) is 27.9 Å². The molecule has 40 heavy (non-hydrogen) atoms. The quantitative estimate of drug-likeness (QED) is 0.337. The van der Waals surface area contributed by atoms with Gasteiger partial charge in [-0.15, -0.1) is 22.9 Å². The van der Waals surface area contributed by atoms with E-state index in [4.69, 9.17) is 11.6 Å². The van der Waals surface area contributed by atoms with Crippen molar-refractivity contribution in [2.45, 2.75) is 121 Å². The van der Waals surface area contributed by atoms with Gasteiger partial charge in [0, 0.05) is 31.4 Å². The number of allylic oxidation sites excluding steroid dienone is 1. The summed E-state index contributed by atoms with van der Waals surface area (Å²) in [6.07, 6.45) is 18.4. The fourth-order valence-electron chi connectivity index (χ4n) is 8.72. The number of hydrogen-bond acceptors (Lipinski definition) is 5. The molecule has 3 aliphatic carbocycles. The largest absolute Gasteiger partial charge is 0.353 e. The van der Waals surface area contributed by atoms with E-state index in [1.54, 1.807) is 11.3 Å². The molecule has 0 spiro atoms. The summed E-state index contributed by atoms with van der Waals surface area (Å²) in [6.45, 7) is 12.6. The molecule has 220 valence electrons. The summed E-state index contributed by atoms with van der Waals surface area (Å²) >= 11 is 10.4. The number of hydrogen-bond donors (Lipinski definition) is 0. The van der Waals surface area contributed by atoms with Gasteiger partial charge < -0.3 is 9.80 Å². The molecule has 5 nitrogen and oxygen atoms in total. The maximum atomic E-state index is 13.6. The SMILES string of the molecule is CCN1C(=CC=c2sc(=CC3=[N+](CC)C4CCC5CCCCC5C4S3)n(CC)c2=O)N(CC)C2CC(Cl)CCC21. The Hall–Kier alpha value is -1.18. The van der Waals surface area contributed by atoms with Gasteiger partial charge in [-0.05, 0) is 95.5 Å². The summed E-state index contributed by atoms with van der Waals surface area (Å²) in [5.41, 5.74) is 0.148. The van der Waals surface area contributed by atoms with Crippen molar-refractivity contribution < 1.29 is 4.58 Å². The number of nitrogens with zero attached hydrogens (tertiary/aromatic N) is 4. The fraction of sp³-hybridized carbons (Fsp3) is 0.750. The lowest BCUT2D eigenvalue weighted by Gasteiger charge is -2.40. The van der Waals surface area contributed by atoms with Crippen molar-refractivity contribution in [2.75, 3.05) is 19.6 Å². The predicted octanol–water partition coefficient (Wildman–Crippen LogP) is 5.03. The monoisotopic (exact) mass is 603 g/mol. The summed E-state index contributed by atoms with van der Waals surface area (Å²) in [6, 6.07) is 1.67. The molecule has 2 aliphatic heterocycles. The average molecular weight is 604 g/mol. The molecule has 6 rings (SSSR count). The van der Waals surface area contributed by atoms with Crippen LogP contribution in [0.4, 0.5) is 0 Å². The van der Waals surface area contributed by atoms with E-state index in [2.05, 4.69) is 72.1 Å². The van der Waals surface area contributed by atoms with E-state index in [1.165, 1.54) is 49.4 Å². The Morgan fingerprint density at radius 2 is 1.70 bits per heavy atom. The Labute approximate surface area is 253 Å². The van der Waals surface area contributed by atoms with E-state index in [0.29, 0.717) is 24.7 Å². The third kappa shape index (κ3) is 5.04. The summed E-state index contributed by atoms with van der Waals surface area (Å²) < 4.78 is 6.60. The highest BCUT2D eigenvalue weighted by molar-refractivity contribution is 8.15. The molecule has 8 heteroatoms. The van der Waals surface area contributed by atoms with E-state index in [-0.39, 0.29) is 10.9 Å². The number of rotatable bonds is 6. The van der Waals surface area contributed by atoms with Crippen molar-refractivity contribution in [3.8, 4) is 0 Å². The molecule has 7 unspecified atom stereocenters. The van der Waals surface area contributed by atoms with E-state index in [1.807, 2.05) is 4.57 Å². The van der Waals surface area contributed by atoms with Crippen LogP contribution in [0.25, 0.3) is 12.2 Å². The van der Waals surface area contributed by atoms with Crippen LogP contribution in [-0.2, 0) is 6.54 Å². The number of thioether (sulfide) groups is 1. The first-order valence-electron chi connectivity index (χ1n) is 16.1. The van der Waals surface area contributed by atoms with Gasteiger partial charge in [-0.25, -0.2) is 4.58 Å². The van der Waals surface area contributed by atoms with Crippen LogP contribution in [-0.4, -0.2) is 72.4 Å². The molecule has 5 aliphatic rings. The lowest BCUT2D eigenvalue weighted by molar-refractivity contribution is -0.560. The van der Waals surface area contributed by atoms with Crippen LogP contribution in [0.1, 0.15) is 85.5 Å². The molecule has 1 saturated heterocycles. The lowest BCUT2D eigenvalue weighted by atomic mass is 9.69. The molecule has 7 atom stereocenters. The number of alkyl halides is 1. The predicted molar refractivity (Wildman–Crippen MR) is 172 cm³/mol. The highest BCUT2D eigenvalue weighted by Crippen LogP contribution is 2.49. The van der Waals surface area contributed by atoms with Crippen LogP contribution in [0.2, 0.25) is 0 Å². The van der Waals surface area contributed by atoms with E-state index in [0.717, 1.165) is 65.2 Å². The third-order valence-corrected chi connectivity index (χ3v) is 13.6. The van der Waals surface area contributed by atoms with Crippen molar-refractivity contribution in [1.29, 1.82) is 0 Å². The normalized spacial score (nSPS) is 36.0. The van der Waals surface area contributed by atoms with E-state index < -0.39 is 0 Å². The Kier molecular flexibility index (Phi) is 8.82. The first kappa shape index (κ1) is 28.9. The van der Waals surface area contributed by atoms with Gasteiger partial charge >= 0.3 is 0 Å². The van der Waals surface area contributed by atoms with Gasteiger partial charge in [-0.3, -0.25) is 9.36 Å². The molecular weight excluding hydrogens is 556 g/mol. The minimum atomic E-state index is 0.148. The molecule has 0 N–H and O–H groups in total. The van der Waals surface area contributed by atoms with Crippen molar-refractivity contribution in [3.63, 3.8) is 0 Å². The second-order valence-electron chi connectivity index (χ2n) is 12.4. The number of aromatic nitrogens is 1. The lowest BCUT2D eigenvalue weighted by Crippen LogP contribution is -2.44. The summed E-state index contributed by atoms with van der Waals surface area (Å²) in [5, 5.41) is 2.38. The molecule has 0 bridgehead atoms. The Balaban J connectivity index is 1.35. The van der Waals surface area contributed by atoms with Crippen LogP contribution in [0.3, 0.4) is 0 Å². The van der Waals surface area contributed by atoms with Crippen LogP contribution in [0.15, 0.2) is 16.7 Å². The zero-order valence-corrected chi connectivity index (χ0v) is 27.2. The molecule has 4 fully saturated rings. The molecule has 0 radical (unpaired) electrons. The highest BCUT2D eigenvalue weighted by atomic mass is 35.5. The summed E-state index contributed by atoms with van der Waals surface area (Å²) in [5.74, 6) is 3.07. The summed E-state index contributed by atoms with van der Waals surface area (Å²) in [4.78, 5) is 18.7. The van der Waals surface area contributed by atoms with E-state index in [9.17, 15) is 4.79 Å². The minimum absolute atomic E-state index is 0.148. The molecule has 0 amide bonds. The fourth-order valence-corrected chi connectivity index (χ4v) is 12.0. The smallest absolute Gasteiger partial charge is 0.269 e. The van der Waals surface area contributed by atoms with Crippen molar-refractivity contribution >= 4 is 51.9 Å². The third-order valence-electron chi connectivity index (χ3n) is 10.6. The maximum Gasteiger partial charge on any atom is 0.269 e. The van der Waals surface area contributed by atoms with Crippen LogP contribution < -0.4 is 14.8 Å². The van der Waals surface area contributed by atoms with Gasteiger partial charge in [-0.1, -0.05) is 19.3 Å². The minimum Gasteiger partial charge on any atom is -0.353 e. The number of halogens is 1. The van der Waals surface area contributed by atoms with Gasteiger partial charge in [0.1, 0.15) is 17.0 Å². The maximum absolute atomic E-state index is 13.6. The number of thiazole rings is 1. The van der Waals surface area contributed by atoms with E-state index >= 15 is 0 Å². The average Bonchev–Trinajstić information content (AvgIpc) is 3.59. The van der Waals surface area contributed by atoms with Gasteiger partial charge in [0.2, 0.25) is 5.04 Å². The Morgan fingerprint density at radius 1 is 0.925 bits per heavy atom. The van der Waals surface area contributed by atoms with Crippen molar-refractivity contribution in [2.24, 2.45) is 11.8 Å². The Morgan fingerprint density at radius 3 is 2.45 bits per heavy atom. The molecule has 3 heterocycles. The van der Waals surface area contributed by atoms with Gasteiger partial charge in [0.15, 0.2) is 6.04 Å².